The number of para-hydroxylation sites is 2. The van der Waals surface area contributed by atoms with Gasteiger partial charge in [-0.05, 0) is 24.3 Å². The lowest BCUT2D eigenvalue weighted by molar-refractivity contribution is 0.0303. The third kappa shape index (κ3) is 5.29. The molecule has 0 atom stereocenters. The maximum absolute atomic E-state index is 13.1. The molecule has 7 nitrogen and oxygen atoms in total. The number of methoxy groups -OCH3 is 1. The average Bonchev–Trinajstić information content (AvgIpc) is 2.85. The van der Waals surface area contributed by atoms with Gasteiger partial charge in [0.2, 0.25) is 0 Å². The lowest BCUT2D eigenvalue weighted by Gasteiger charge is -2.36. The Morgan fingerprint density at radius 2 is 1.71 bits per heavy atom. The van der Waals surface area contributed by atoms with E-state index in [0.29, 0.717) is 37.6 Å². The molecule has 1 amide bonds. The Morgan fingerprint density at radius 1 is 0.968 bits per heavy atom. The Bertz CT molecular complexity index is 847. The summed E-state index contributed by atoms with van der Waals surface area (Å²) in [4.78, 5) is 19.8. The van der Waals surface area contributed by atoms with Crippen molar-refractivity contribution in [1.82, 2.24) is 9.80 Å². The van der Waals surface area contributed by atoms with Gasteiger partial charge >= 0.3 is 0 Å². The quantitative estimate of drug-likeness (QED) is 0.737. The number of anilines is 2. The Morgan fingerprint density at radius 3 is 2.42 bits per heavy atom. The summed E-state index contributed by atoms with van der Waals surface area (Å²) in [5.41, 5.74) is 2.74. The molecule has 2 aromatic carbocycles. The summed E-state index contributed by atoms with van der Waals surface area (Å²) in [7, 11) is 1.65. The van der Waals surface area contributed by atoms with Gasteiger partial charge in [-0.2, -0.15) is 0 Å². The highest BCUT2D eigenvalue weighted by atomic mass is 16.5. The number of amides is 1. The molecule has 4 rings (SSSR count). The molecule has 0 bridgehead atoms. The van der Waals surface area contributed by atoms with Crippen LogP contribution in [0.2, 0.25) is 0 Å². The summed E-state index contributed by atoms with van der Waals surface area (Å²) in [6, 6.07) is 16.2. The molecule has 2 saturated heterocycles. The number of hydrogen-bond acceptors (Lipinski definition) is 6. The third-order valence-corrected chi connectivity index (χ3v) is 6.00. The first-order valence-electron chi connectivity index (χ1n) is 11.1. The summed E-state index contributed by atoms with van der Waals surface area (Å²) in [5.74, 6) is 0.731. The van der Waals surface area contributed by atoms with Gasteiger partial charge in [0.1, 0.15) is 5.75 Å². The highest BCUT2D eigenvalue weighted by Gasteiger charge is 2.23. The van der Waals surface area contributed by atoms with Crippen molar-refractivity contribution < 1.29 is 14.3 Å². The SMILES string of the molecule is COc1cccc(C(=O)N2CCOCC2)c1NCCN1CCN(c2ccccc2)CC1. The van der Waals surface area contributed by atoms with Crippen molar-refractivity contribution in [3.8, 4) is 5.75 Å². The van der Waals surface area contributed by atoms with E-state index in [1.54, 1.807) is 7.11 Å². The maximum atomic E-state index is 13.1. The van der Waals surface area contributed by atoms with E-state index >= 15 is 0 Å². The number of morpholine rings is 1. The van der Waals surface area contributed by atoms with Crippen molar-refractivity contribution in [3.63, 3.8) is 0 Å². The molecule has 2 aliphatic heterocycles. The normalized spacial score (nSPS) is 17.5. The lowest BCUT2D eigenvalue weighted by atomic mass is 10.1. The summed E-state index contributed by atoms with van der Waals surface area (Å²) in [5, 5.41) is 3.48. The molecule has 2 aliphatic rings. The van der Waals surface area contributed by atoms with Gasteiger partial charge in [0.15, 0.2) is 0 Å². The molecule has 1 N–H and O–H groups in total. The second-order valence-electron chi connectivity index (χ2n) is 7.88. The van der Waals surface area contributed by atoms with Crippen LogP contribution in [0.1, 0.15) is 10.4 Å². The lowest BCUT2D eigenvalue weighted by Crippen LogP contribution is -2.47. The molecule has 0 aromatic heterocycles. The van der Waals surface area contributed by atoms with E-state index in [1.807, 2.05) is 23.1 Å². The van der Waals surface area contributed by atoms with Crippen LogP contribution < -0.4 is 15.0 Å². The monoisotopic (exact) mass is 424 g/mol. The van der Waals surface area contributed by atoms with Crippen LogP contribution in [0.25, 0.3) is 0 Å². The maximum Gasteiger partial charge on any atom is 0.256 e. The first-order chi connectivity index (χ1) is 15.3. The number of nitrogens with one attached hydrogen (secondary N) is 1. The van der Waals surface area contributed by atoms with Gasteiger partial charge < -0.3 is 24.6 Å². The molecular weight excluding hydrogens is 392 g/mol. The zero-order chi connectivity index (χ0) is 21.5. The number of carbonyl (C=O) groups excluding carboxylic acids is 1. The molecule has 2 fully saturated rings. The number of ether oxygens (including phenoxy) is 2. The molecule has 166 valence electrons. The zero-order valence-corrected chi connectivity index (χ0v) is 18.3. The van der Waals surface area contributed by atoms with Gasteiger partial charge in [-0.15, -0.1) is 0 Å². The van der Waals surface area contributed by atoms with Crippen LogP contribution in [0.5, 0.6) is 5.75 Å². The van der Waals surface area contributed by atoms with Crippen LogP contribution in [-0.4, -0.2) is 88.4 Å². The first kappa shape index (κ1) is 21.5. The number of carbonyl (C=O) groups is 1. The number of piperazine rings is 1. The van der Waals surface area contributed by atoms with E-state index in [1.165, 1.54) is 5.69 Å². The minimum absolute atomic E-state index is 0.0289. The number of benzene rings is 2. The average molecular weight is 425 g/mol. The molecule has 2 heterocycles. The molecule has 31 heavy (non-hydrogen) atoms. The van der Waals surface area contributed by atoms with Gasteiger partial charge in [0.05, 0.1) is 31.6 Å². The minimum Gasteiger partial charge on any atom is -0.495 e. The number of hydrogen-bond donors (Lipinski definition) is 1. The van der Waals surface area contributed by atoms with E-state index in [9.17, 15) is 4.79 Å². The Labute approximate surface area is 184 Å². The Balaban J connectivity index is 1.33. The van der Waals surface area contributed by atoms with Gasteiger partial charge in [0, 0.05) is 58.0 Å². The largest absolute Gasteiger partial charge is 0.495 e. The predicted molar refractivity (Wildman–Crippen MR) is 123 cm³/mol. The van der Waals surface area contributed by atoms with Gasteiger partial charge in [0.25, 0.3) is 5.91 Å². The highest BCUT2D eigenvalue weighted by molar-refractivity contribution is 6.01. The molecule has 0 aliphatic carbocycles. The first-order valence-corrected chi connectivity index (χ1v) is 11.1. The van der Waals surface area contributed by atoms with E-state index in [4.69, 9.17) is 9.47 Å². The van der Waals surface area contributed by atoms with Crippen LogP contribution in [0.4, 0.5) is 11.4 Å². The van der Waals surface area contributed by atoms with E-state index < -0.39 is 0 Å². The van der Waals surface area contributed by atoms with Crippen LogP contribution in [0.3, 0.4) is 0 Å². The summed E-state index contributed by atoms with van der Waals surface area (Å²) < 4.78 is 10.9. The van der Waals surface area contributed by atoms with Gasteiger partial charge in [-0.1, -0.05) is 24.3 Å². The second-order valence-corrected chi connectivity index (χ2v) is 7.88. The van der Waals surface area contributed by atoms with Crippen LogP contribution in [0.15, 0.2) is 48.5 Å². The molecule has 0 spiro atoms. The smallest absolute Gasteiger partial charge is 0.256 e. The van der Waals surface area contributed by atoms with Crippen molar-refractivity contribution in [1.29, 1.82) is 0 Å². The molecule has 0 unspecified atom stereocenters. The number of rotatable bonds is 7. The summed E-state index contributed by atoms with van der Waals surface area (Å²) >= 11 is 0. The molecule has 0 saturated carbocycles. The molecule has 2 aromatic rings. The van der Waals surface area contributed by atoms with Gasteiger partial charge in [-0.25, -0.2) is 0 Å². The van der Waals surface area contributed by atoms with Crippen molar-refractivity contribution in [3.05, 3.63) is 54.1 Å². The summed E-state index contributed by atoms with van der Waals surface area (Å²) in [6.45, 7) is 8.23. The van der Waals surface area contributed by atoms with Crippen LogP contribution in [-0.2, 0) is 4.74 Å². The fourth-order valence-corrected chi connectivity index (χ4v) is 4.21. The van der Waals surface area contributed by atoms with Crippen molar-refractivity contribution in [2.75, 3.05) is 82.9 Å². The predicted octanol–water partition coefficient (Wildman–Crippen LogP) is 2.40. The van der Waals surface area contributed by atoms with E-state index in [0.717, 1.165) is 45.0 Å². The number of nitrogens with zero attached hydrogens (tertiary/aromatic N) is 3. The molecular formula is C24H32N4O3. The fourth-order valence-electron chi connectivity index (χ4n) is 4.21. The molecule has 7 heteroatoms. The van der Waals surface area contributed by atoms with E-state index in [-0.39, 0.29) is 5.91 Å². The molecule has 0 radical (unpaired) electrons. The van der Waals surface area contributed by atoms with Crippen LogP contribution in [0, 0.1) is 0 Å². The summed E-state index contributed by atoms with van der Waals surface area (Å²) in [6.07, 6.45) is 0. The van der Waals surface area contributed by atoms with E-state index in [2.05, 4.69) is 45.4 Å². The van der Waals surface area contributed by atoms with Crippen LogP contribution >= 0.6 is 0 Å². The van der Waals surface area contributed by atoms with Crippen molar-refractivity contribution in [2.24, 2.45) is 0 Å². The Kier molecular flexibility index (Phi) is 7.27. The van der Waals surface area contributed by atoms with Gasteiger partial charge in [-0.3, -0.25) is 9.69 Å². The zero-order valence-electron chi connectivity index (χ0n) is 18.3. The topological polar surface area (TPSA) is 57.3 Å². The third-order valence-electron chi connectivity index (χ3n) is 6.00. The van der Waals surface area contributed by atoms with Crippen molar-refractivity contribution in [2.45, 2.75) is 0 Å². The highest BCUT2D eigenvalue weighted by Crippen LogP contribution is 2.29. The Hall–Kier alpha value is -2.77. The fraction of sp³-hybridized carbons (Fsp3) is 0.458. The standard InChI is InChI=1S/C24H32N4O3/c1-30-22-9-5-8-21(24(29)28-16-18-31-19-17-28)23(22)25-10-11-26-12-14-27(15-13-26)20-6-3-2-4-7-20/h2-9,25H,10-19H2,1H3. The second kappa shape index (κ2) is 10.5. The minimum atomic E-state index is 0.0289. The van der Waals surface area contributed by atoms with Crippen molar-refractivity contribution >= 4 is 17.3 Å².